The summed E-state index contributed by atoms with van der Waals surface area (Å²) in [6.07, 6.45) is 3.30. The van der Waals surface area contributed by atoms with Crippen LogP contribution in [0.3, 0.4) is 0 Å². The first-order valence-corrected chi connectivity index (χ1v) is 8.03. The Balaban J connectivity index is 1.67. The largest absolute Gasteiger partial charge is 0.457 e. The standard InChI is InChI=1S/C19H15N3O4/c1-11-4-5-14-13(9-16(23)26-15(14)8-11)10-25-19(24)17-12(2)21-22-7-3-6-20-18(17)22/h3-9H,10H2,1-2H3. The Morgan fingerprint density at radius 2 is 2.12 bits per heavy atom. The molecule has 0 saturated carbocycles. The van der Waals surface area contributed by atoms with Gasteiger partial charge in [-0.15, -0.1) is 0 Å². The molecule has 0 aliphatic heterocycles. The molecule has 0 saturated heterocycles. The molecule has 0 atom stereocenters. The van der Waals surface area contributed by atoms with Crippen LogP contribution in [0, 0.1) is 13.8 Å². The lowest BCUT2D eigenvalue weighted by Crippen LogP contribution is -2.09. The van der Waals surface area contributed by atoms with Crippen molar-refractivity contribution in [1.82, 2.24) is 14.6 Å². The molecule has 1 aromatic carbocycles. The fourth-order valence-electron chi connectivity index (χ4n) is 2.91. The average Bonchev–Trinajstić information content (AvgIpc) is 2.94. The van der Waals surface area contributed by atoms with Crippen molar-refractivity contribution in [3.05, 3.63) is 75.5 Å². The van der Waals surface area contributed by atoms with Crippen molar-refractivity contribution in [2.45, 2.75) is 20.5 Å². The van der Waals surface area contributed by atoms with E-state index in [1.165, 1.54) is 10.6 Å². The first-order chi connectivity index (χ1) is 12.5. The lowest BCUT2D eigenvalue weighted by Gasteiger charge is -2.07. The Bertz CT molecular complexity index is 1210. The van der Waals surface area contributed by atoms with Crippen LogP contribution in [-0.2, 0) is 11.3 Å². The number of ether oxygens (including phenoxy) is 1. The van der Waals surface area contributed by atoms with E-state index in [0.717, 1.165) is 10.9 Å². The van der Waals surface area contributed by atoms with E-state index in [4.69, 9.17) is 9.15 Å². The second-order valence-electron chi connectivity index (χ2n) is 6.01. The van der Waals surface area contributed by atoms with Crippen molar-refractivity contribution in [2.24, 2.45) is 0 Å². The molecule has 26 heavy (non-hydrogen) atoms. The lowest BCUT2D eigenvalue weighted by molar-refractivity contribution is 0.0475. The number of esters is 1. The van der Waals surface area contributed by atoms with Gasteiger partial charge in [-0.1, -0.05) is 12.1 Å². The highest BCUT2D eigenvalue weighted by atomic mass is 16.5. The second-order valence-corrected chi connectivity index (χ2v) is 6.01. The van der Waals surface area contributed by atoms with Gasteiger partial charge < -0.3 is 9.15 Å². The summed E-state index contributed by atoms with van der Waals surface area (Å²) in [4.78, 5) is 28.5. The zero-order valence-electron chi connectivity index (χ0n) is 14.2. The lowest BCUT2D eigenvalue weighted by atomic mass is 10.1. The van der Waals surface area contributed by atoms with Gasteiger partial charge in [-0.25, -0.2) is 19.1 Å². The number of aromatic nitrogens is 3. The molecule has 3 heterocycles. The number of fused-ring (bicyclic) bond motifs is 2. The maximum Gasteiger partial charge on any atom is 0.344 e. The minimum absolute atomic E-state index is 0.0480. The van der Waals surface area contributed by atoms with Crippen LogP contribution in [0.2, 0.25) is 0 Å². The fourth-order valence-corrected chi connectivity index (χ4v) is 2.91. The highest BCUT2D eigenvalue weighted by Crippen LogP contribution is 2.20. The number of carbonyl (C=O) groups is 1. The summed E-state index contributed by atoms with van der Waals surface area (Å²) in [5, 5.41) is 4.99. The molecule has 0 aliphatic carbocycles. The molecule has 0 radical (unpaired) electrons. The number of rotatable bonds is 3. The first-order valence-electron chi connectivity index (χ1n) is 8.03. The Labute approximate surface area is 147 Å². The van der Waals surface area contributed by atoms with Crippen LogP contribution in [0.25, 0.3) is 16.6 Å². The van der Waals surface area contributed by atoms with E-state index in [9.17, 15) is 9.59 Å². The molecule has 4 aromatic rings. The quantitative estimate of drug-likeness (QED) is 0.417. The van der Waals surface area contributed by atoms with Gasteiger partial charge in [-0.3, -0.25) is 0 Å². The van der Waals surface area contributed by atoms with Crippen LogP contribution in [0.1, 0.15) is 27.2 Å². The molecule has 0 unspecified atom stereocenters. The Morgan fingerprint density at radius 1 is 1.27 bits per heavy atom. The number of benzene rings is 1. The van der Waals surface area contributed by atoms with Gasteiger partial charge in [-0.05, 0) is 31.5 Å². The van der Waals surface area contributed by atoms with Crippen molar-refractivity contribution in [2.75, 3.05) is 0 Å². The summed E-state index contributed by atoms with van der Waals surface area (Å²) < 4.78 is 12.2. The molecule has 0 N–H and O–H groups in total. The summed E-state index contributed by atoms with van der Waals surface area (Å²) in [6.45, 7) is 3.58. The van der Waals surface area contributed by atoms with Gasteiger partial charge in [0, 0.05) is 29.4 Å². The summed E-state index contributed by atoms with van der Waals surface area (Å²) >= 11 is 0. The van der Waals surface area contributed by atoms with Crippen molar-refractivity contribution in [3.8, 4) is 0 Å². The number of hydrogen-bond acceptors (Lipinski definition) is 6. The smallest absolute Gasteiger partial charge is 0.344 e. The van der Waals surface area contributed by atoms with Crippen LogP contribution in [0.4, 0.5) is 0 Å². The topological polar surface area (TPSA) is 86.7 Å². The van der Waals surface area contributed by atoms with Gasteiger partial charge in [0.1, 0.15) is 17.8 Å². The molecule has 130 valence electrons. The van der Waals surface area contributed by atoms with Crippen molar-refractivity contribution in [3.63, 3.8) is 0 Å². The molecule has 3 aromatic heterocycles. The SMILES string of the molecule is Cc1ccc2c(COC(=O)c3c(C)nn4cccnc34)cc(=O)oc2c1. The number of nitrogens with zero attached hydrogens (tertiary/aromatic N) is 3. The highest BCUT2D eigenvalue weighted by molar-refractivity contribution is 5.97. The number of hydrogen-bond donors (Lipinski definition) is 0. The predicted molar refractivity (Wildman–Crippen MR) is 94.1 cm³/mol. The summed E-state index contributed by atoms with van der Waals surface area (Å²) in [5.41, 5.74) is 2.83. The van der Waals surface area contributed by atoms with Gasteiger partial charge >= 0.3 is 11.6 Å². The third-order valence-electron chi connectivity index (χ3n) is 4.12. The molecule has 0 spiro atoms. The van der Waals surface area contributed by atoms with Crippen molar-refractivity contribution < 1.29 is 13.9 Å². The van der Waals surface area contributed by atoms with E-state index >= 15 is 0 Å². The molecule has 0 fully saturated rings. The van der Waals surface area contributed by atoms with Gasteiger partial charge in [0.2, 0.25) is 0 Å². The molecule has 0 aliphatic rings. The normalized spacial score (nSPS) is 11.2. The maximum atomic E-state index is 12.6. The molecular formula is C19H15N3O4. The first kappa shape index (κ1) is 16.0. The minimum atomic E-state index is -0.537. The van der Waals surface area contributed by atoms with Gasteiger partial charge in [-0.2, -0.15) is 5.10 Å². The van der Waals surface area contributed by atoms with Gasteiger partial charge in [0.25, 0.3) is 0 Å². The highest BCUT2D eigenvalue weighted by Gasteiger charge is 2.20. The van der Waals surface area contributed by atoms with Crippen LogP contribution in [0.5, 0.6) is 0 Å². The maximum absolute atomic E-state index is 12.6. The summed E-state index contributed by atoms with van der Waals surface area (Å²) in [5.74, 6) is -0.537. The molecule has 7 nitrogen and oxygen atoms in total. The van der Waals surface area contributed by atoms with E-state index in [0.29, 0.717) is 28.1 Å². The van der Waals surface area contributed by atoms with Gasteiger partial charge in [0.05, 0.1) is 5.69 Å². The number of carbonyl (C=O) groups excluding carboxylic acids is 1. The number of aryl methyl sites for hydroxylation is 2. The zero-order chi connectivity index (χ0) is 18.3. The van der Waals surface area contributed by atoms with E-state index in [1.54, 1.807) is 31.5 Å². The van der Waals surface area contributed by atoms with Crippen molar-refractivity contribution >= 4 is 22.6 Å². The molecule has 0 bridgehead atoms. The van der Waals surface area contributed by atoms with E-state index < -0.39 is 11.6 Å². The third kappa shape index (κ3) is 2.73. The monoisotopic (exact) mass is 349 g/mol. The Hall–Kier alpha value is -3.48. The second kappa shape index (κ2) is 6.11. The average molecular weight is 349 g/mol. The van der Waals surface area contributed by atoms with Crippen LogP contribution in [-0.4, -0.2) is 20.6 Å². The summed E-state index contributed by atoms with van der Waals surface area (Å²) in [6, 6.07) is 8.60. The van der Waals surface area contributed by atoms with Crippen molar-refractivity contribution in [1.29, 1.82) is 0 Å². The fraction of sp³-hybridized carbons (Fsp3) is 0.158. The van der Waals surface area contributed by atoms with E-state index in [2.05, 4.69) is 10.1 Å². The van der Waals surface area contributed by atoms with Gasteiger partial charge in [0.15, 0.2) is 5.65 Å². The Kier molecular flexibility index (Phi) is 3.76. The van der Waals surface area contributed by atoms with Crippen LogP contribution < -0.4 is 5.63 Å². The molecule has 0 amide bonds. The Morgan fingerprint density at radius 3 is 2.96 bits per heavy atom. The van der Waals surface area contributed by atoms with E-state index in [-0.39, 0.29) is 6.61 Å². The zero-order valence-corrected chi connectivity index (χ0v) is 14.2. The van der Waals surface area contributed by atoms with E-state index in [1.807, 2.05) is 19.1 Å². The summed E-state index contributed by atoms with van der Waals surface area (Å²) in [7, 11) is 0. The predicted octanol–water partition coefficient (Wildman–Crippen LogP) is 2.81. The minimum Gasteiger partial charge on any atom is -0.457 e. The van der Waals surface area contributed by atoms with Crippen LogP contribution in [0.15, 0.2) is 51.9 Å². The molecule has 7 heteroatoms. The van der Waals surface area contributed by atoms with Crippen LogP contribution >= 0.6 is 0 Å². The third-order valence-corrected chi connectivity index (χ3v) is 4.12. The molecule has 4 rings (SSSR count). The molecular weight excluding hydrogens is 334 g/mol.